The summed E-state index contributed by atoms with van der Waals surface area (Å²) in [5.41, 5.74) is 0.966. The SMILES string of the molecule is CCNC(=NCCCCN1CCCCC1C)NCCC(O)c1ccccc1. The Labute approximate surface area is 165 Å². The summed E-state index contributed by atoms with van der Waals surface area (Å²) in [5.74, 6) is 0.851. The van der Waals surface area contributed by atoms with Gasteiger partial charge in [-0.1, -0.05) is 36.8 Å². The normalized spacial score (nSPS) is 19.7. The molecule has 5 heteroatoms. The van der Waals surface area contributed by atoms with Crippen molar-refractivity contribution in [2.75, 3.05) is 32.7 Å². The number of aliphatic hydroxyl groups excluding tert-OH is 1. The predicted molar refractivity (Wildman–Crippen MR) is 114 cm³/mol. The number of piperidine rings is 1. The van der Waals surface area contributed by atoms with Gasteiger partial charge in [-0.2, -0.15) is 0 Å². The van der Waals surface area contributed by atoms with Crippen LogP contribution in [0.2, 0.25) is 0 Å². The van der Waals surface area contributed by atoms with E-state index in [1.165, 1.54) is 38.8 Å². The Kier molecular flexibility index (Phi) is 10.2. The maximum absolute atomic E-state index is 10.2. The molecule has 0 bridgehead atoms. The third kappa shape index (κ3) is 8.31. The monoisotopic (exact) mass is 374 g/mol. The number of rotatable bonds is 10. The second-order valence-corrected chi connectivity index (χ2v) is 7.49. The maximum Gasteiger partial charge on any atom is 0.191 e. The van der Waals surface area contributed by atoms with Crippen molar-refractivity contribution in [3.63, 3.8) is 0 Å². The Morgan fingerprint density at radius 1 is 1.22 bits per heavy atom. The van der Waals surface area contributed by atoms with Gasteiger partial charge in [0.2, 0.25) is 0 Å². The molecule has 2 atom stereocenters. The van der Waals surface area contributed by atoms with E-state index in [1.807, 2.05) is 30.3 Å². The van der Waals surface area contributed by atoms with Crippen molar-refractivity contribution in [3.05, 3.63) is 35.9 Å². The molecule has 152 valence electrons. The molecule has 1 aromatic rings. The molecule has 1 heterocycles. The summed E-state index contributed by atoms with van der Waals surface area (Å²) in [4.78, 5) is 7.31. The fraction of sp³-hybridized carbons (Fsp3) is 0.682. The average Bonchev–Trinajstić information content (AvgIpc) is 2.69. The molecule has 1 aromatic carbocycles. The number of unbranched alkanes of at least 4 members (excludes halogenated alkanes) is 1. The van der Waals surface area contributed by atoms with Gasteiger partial charge in [0, 0.05) is 25.7 Å². The summed E-state index contributed by atoms with van der Waals surface area (Å²) in [6.07, 6.45) is 6.65. The van der Waals surface area contributed by atoms with Crippen LogP contribution in [0.3, 0.4) is 0 Å². The second kappa shape index (κ2) is 12.7. The zero-order valence-corrected chi connectivity index (χ0v) is 17.2. The van der Waals surface area contributed by atoms with Crippen LogP contribution < -0.4 is 10.6 Å². The third-order valence-electron chi connectivity index (χ3n) is 5.30. The topological polar surface area (TPSA) is 59.9 Å². The molecule has 0 aromatic heterocycles. The average molecular weight is 375 g/mol. The molecular formula is C22H38N4O. The summed E-state index contributed by atoms with van der Waals surface area (Å²) < 4.78 is 0. The number of aliphatic imine (C=N–C) groups is 1. The number of aliphatic hydroxyl groups is 1. The van der Waals surface area contributed by atoms with Gasteiger partial charge in [-0.15, -0.1) is 0 Å². The van der Waals surface area contributed by atoms with Gasteiger partial charge in [-0.05, 0) is 64.6 Å². The first-order chi connectivity index (χ1) is 13.2. The first-order valence-corrected chi connectivity index (χ1v) is 10.7. The van der Waals surface area contributed by atoms with Crippen LogP contribution in [-0.4, -0.2) is 54.7 Å². The second-order valence-electron chi connectivity index (χ2n) is 7.49. The molecule has 5 nitrogen and oxygen atoms in total. The third-order valence-corrected chi connectivity index (χ3v) is 5.30. The molecular weight excluding hydrogens is 336 g/mol. The zero-order valence-electron chi connectivity index (χ0n) is 17.2. The highest BCUT2D eigenvalue weighted by Gasteiger charge is 2.16. The van der Waals surface area contributed by atoms with Crippen molar-refractivity contribution >= 4 is 5.96 Å². The number of guanidine groups is 1. The Morgan fingerprint density at radius 3 is 2.78 bits per heavy atom. The van der Waals surface area contributed by atoms with Gasteiger partial charge in [0.1, 0.15) is 0 Å². The van der Waals surface area contributed by atoms with E-state index in [4.69, 9.17) is 0 Å². The van der Waals surface area contributed by atoms with E-state index in [0.29, 0.717) is 13.0 Å². The van der Waals surface area contributed by atoms with Gasteiger partial charge in [0.05, 0.1) is 6.10 Å². The van der Waals surface area contributed by atoms with Crippen molar-refractivity contribution in [2.45, 2.75) is 64.5 Å². The molecule has 0 saturated carbocycles. The number of nitrogens with zero attached hydrogens (tertiary/aromatic N) is 2. The highest BCUT2D eigenvalue weighted by atomic mass is 16.3. The minimum atomic E-state index is -0.437. The van der Waals surface area contributed by atoms with Crippen LogP contribution in [0.4, 0.5) is 0 Å². The molecule has 1 aliphatic heterocycles. The van der Waals surface area contributed by atoms with Crippen LogP contribution in [0.5, 0.6) is 0 Å². The highest BCUT2D eigenvalue weighted by Crippen LogP contribution is 2.17. The molecule has 1 aliphatic rings. The van der Waals surface area contributed by atoms with Gasteiger partial charge < -0.3 is 20.6 Å². The first kappa shape index (κ1) is 21.7. The molecule has 1 fully saturated rings. The molecule has 27 heavy (non-hydrogen) atoms. The zero-order chi connectivity index (χ0) is 19.3. The lowest BCUT2D eigenvalue weighted by molar-refractivity contribution is 0.158. The van der Waals surface area contributed by atoms with E-state index >= 15 is 0 Å². The molecule has 0 radical (unpaired) electrons. The van der Waals surface area contributed by atoms with Crippen molar-refractivity contribution in [3.8, 4) is 0 Å². The summed E-state index contributed by atoms with van der Waals surface area (Å²) in [6.45, 7) is 9.29. The Bertz CT molecular complexity index is 534. The fourth-order valence-corrected chi connectivity index (χ4v) is 3.62. The smallest absolute Gasteiger partial charge is 0.191 e. The lowest BCUT2D eigenvalue weighted by Gasteiger charge is -2.33. The standard InChI is InChI=1S/C22H38N4O/c1-3-23-22(25-16-14-21(27)20-12-5-4-6-13-20)24-15-8-10-18-26-17-9-7-11-19(26)2/h4-6,12-13,19,21,27H,3,7-11,14-18H2,1-2H3,(H2,23,24,25). The molecule has 0 amide bonds. The lowest BCUT2D eigenvalue weighted by Crippen LogP contribution is -2.38. The van der Waals surface area contributed by atoms with Crippen molar-refractivity contribution in [1.82, 2.24) is 15.5 Å². The van der Waals surface area contributed by atoms with E-state index in [-0.39, 0.29) is 0 Å². The minimum Gasteiger partial charge on any atom is -0.388 e. The summed E-state index contributed by atoms with van der Waals surface area (Å²) >= 11 is 0. The van der Waals surface area contributed by atoms with E-state index in [2.05, 4.69) is 34.4 Å². The van der Waals surface area contributed by atoms with Crippen molar-refractivity contribution in [2.24, 2.45) is 4.99 Å². The number of nitrogens with one attached hydrogen (secondary N) is 2. The molecule has 2 rings (SSSR count). The van der Waals surface area contributed by atoms with Gasteiger partial charge in [0.25, 0.3) is 0 Å². The quantitative estimate of drug-likeness (QED) is 0.334. The van der Waals surface area contributed by atoms with Gasteiger partial charge in [-0.3, -0.25) is 4.99 Å². The predicted octanol–water partition coefficient (Wildman–Crippen LogP) is 3.32. The van der Waals surface area contributed by atoms with Crippen LogP contribution in [0.25, 0.3) is 0 Å². The Hall–Kier alpha value is -1.59. The first-order valence-electron chi connectivity index (χ1n) is 10.7. The van der Waals surface area contributed by atoms with Crippen LogP contribution >= 0.6 is 0 Å². The van der Waals surface area contributed by atoms with Gasteiger partial charge >= 0.3 is 0 Å². The summed E-state index contributed by atoms with van der Waals surface area (Å²) in [6, 6.07) is 10.6. The number of hydrogen-bond donors (Lipinski definition) is 3. The maximum atomic E-state index is 10.2. The summed E-state index contributed by atoms with van der Waals surface area (Å²) in [5, 5.41) is 16.9. The molecule has 2 unspecified atom stereocenters. The van der Waals surface area contributed by atoms with E-state index in [0.717, 1.165) is 37.1 Å². The van der Waals surface area contributed by atoms with Crippen LogP contribution in [0.15, 0.2) is 35.3 Å². The summed E-state index contributed by atoms with van der Waals surface area (Å²) in [7, 11) is 0. The van der Waals surface area contributed by atoms with E-state index < -0.39 is 6.10 Å². The largest absolute Gasteiger partial charge is 0.388 e. The Morgan fingerprint density at radius 2 is 2.04 bits per heavy atom. The molecule has 0 spiro atoms. The molecule has 0 aliphatic carbocycles. The number of benzene rings is 1. The molecule has 3 N–H and O–H groups in total. The van der Waals surface area contributed by atoms with Crippen LogP contribution in [-0.2, 0) is 0 Å². The molecule has 1 saturated heterocycles. The van der Waals surface area contributed by atoms with E-state index in [9.17, 15) is 5.11 Å². The Balaban J connectivity index is 1.64. The van der Waals surface area contributed by atoms with Crippen molar-refractivity contribution in [1.29, 1.82) is 0 Å². The minimum absolute atomic E-state index is 0.437. The van der Waals surface area contributed by atoms with Gasteiger partial charge in [0.15, 0.2) is 5.96 Å². The number of likely N-dealkylation sites (tertiary alicyclic amines) is 1. The van der Waals surface area contributed by atoms with Crippen molar-refractivity contribution < 1.29 is 5.11 Å². The van der Waals surface area contributed by atoms with Gasteiger partial charge in [-0.25, -0.2) is 0 Å². The fourth-order valence-electron chi connectivity index (χ4n) is 3.62. The van der Waals surface area contributed by atoms with Crippen LogP contribution in [0.1, 0.15) is 64.0 Å². The van der Waals surface area contributed by atoms with E-state index in [1.54, 1.807) is 0 Å². The number of hydrogen-bond acceptors (Lipinski definition) is 3. The lowest BCUT2D eigenvalue weighted by atomic mass is 10.0. The highest BCUT2D eigenvalue weighted by molar-refractivity contribution is 5.79. The van der Waals surface area contributed by atoms with Crippen LogP contribution in [0, 0.1) is 0 Å².